The zero-order valence-corrected chi connectivity index (χ0v) is 13.4. The monoisotopic (exact) mass is 368 g/mol. The molecule has 0 aliphatic rings. The van der Waals surface area contributed by atoms with E-state index in [0.717, 1.165) is 12.1 Å². The number of carboxylic acid groups (broad SMARTS) is 1. The highest BCUT2D eigenvalue weighted by molar-refractivity contribution is 9.10. The molecule has 0 saturated carbocycles. The molecule has 0 bridgehead atoms. The van der Waals surface area contributed by atoms with Gasteiger partial charge in [-0.3, -0.25) is 4.79 Å². The van der Waals surface area contributed by atoms with E-state index in [4.69, 9.17) is 9.84 Å². The summed E-state index contributed by atoms with van der Waals surface area (Å²) in [5.41, 5.74) is -1.60. The molecule has 1 N–H and O–H groups in total. The van der Waals surface area contributed by atoms with E-state index < -0.39 is 41.5 Å². The Morgan fingerprint density at radius 2 is 1.95 bits per heavy atom. The van der Waals surface area contributed by atoms with Crippen molar-refractivity contribution in [3.63, 3.8) is 0 Å². The molecule has 0 radical (unpaired) electrons. The van der Waals surface area contributed by atoms with Crippen LogP contribution >= 0.6 is 15.9 Å². The number of halogens is 4. The predicted octanol–water partition coefficient (Wildman–Crippen LogP) is 4.58. The fraction of sp³-hybridized carbons (Fsp3) is 0.500. The van der Waals surface area contributed by atoms with Crippen LogP contribution in [0.5, 0.6) is 5.75 Å². The Morgan fingerprint density at radius 1 is 1.38 bits per heavy atom. The molecule has 21 heavy (non-hydrogen) atoms. The number of hydrogen-bond acceptors (Lipinski definition) is 2. The topological polar surface area (TPSA) is 46.5 Å². The minimum absolute atomic E-state index is 0.103. The zero-order valence-electron chi connectivity index (χ0n) is 11.8. The van der Waals surface area contributed by atoms with Crippen LogP contribution in [-0.2, 0) is 10.7 Å². The first kappa shape index (κ1) is 17.8. The molecule has 0 atom stereocenters. The van der Waals surface area contributed by atoms with E-state index in [0.29, 0.717) is 0 Å². The summed E-state index contributed by atoms with van der Waals surface area (Å²) >= 11 is 2.86. The van der Waals surface area contributed by atoms with Crippen LogP contribution in [0.4, 0.5) is 13.2 Å². The Bertz CT molecular complexity index is 545. The summed E-state index contributed by atoms with van der Waals surface area (Å²) in [6.07, 6.45) is -1.09. The van der Waals surface area contributed by atoms with Gasteiger partial charge in [-0.15, -0.1) is 0 Å². The fourth-order valence-corrected chi connectivity index (χ4v) is 2.49. The van der Waals surface area contributed by atoms with Gasteiger partial charge in [0, 0.05) is 12.5 Å². The summed E-state index contributed by atoms with van der Waals surface area (Å²) in [5, 5.41) is 8.77. The maximum Gasteiger partial charge on any atom is 0.303 e. The number of aliphatic carboxylic acids is 1. The van der Waals surface area contributed by atoms with Crippen LogP contribution in [0.2, 0.25) is 0 Å². The first-order chi connectivity index (χ1) is 9.48. The summed E-state index contributed by atoms with van der Waals surface area (Å²) in [4.78, 5) is 10.7. The van der Waals surface area contributed by atoms with Crippen LogP contribution in [0, 0.1) is 11.2 Å². The van der Waals surface area contributed by atoms with E-state index >= 15 is 0 Å². The Balaban J connectivity index is 3.18. The van der Waals surface area contributed by atoms with Gasteiger partial charge in [-0.05, 0) is 27.4 Å². The quantitative estimate of drug-likeness (QED) is 0.799. The van der Waals surface area contributed by atoms with Gasteiger partial charge in [0.25, 0.3) is 5.92 Å². The van der Waals surface area contributed by atoms with E-state index in [1.54, 1.807) is 0 Å². The van der Waals surface area contributed by atoms with Gasteiger partial charge in [0.15, 0.2) is 0 Å². The lowest BCUT2D eigenvalue weighted by Crippen LogP contribution is -2.27. The van der Waals surface area contributed by atoms with Gasteiger partial charge in [-0.1, -0.05) is 13.8 Å². The SMILES string of the molecule is COc1cc(F)c(Br)cc1C(F)(F)CC(C)(C)CC(=O)O. The number of carbonyl (C=O) groups is 1. The standard InChI is InChI=1S/C14H16BrF3O3/c1-13(2,6-12(19)20)7-14(17,18)8-4-9(15)10(16)5-11(8)21-3/h4-5H,6-7H2,1-3H3,(H,19,20). The smallest absolute Gasteiger partial charge is 0.303 e. The molecule has 0 saturated heterocycles. The van der Waals surface area contributed by atoms with Crippen molar-refractivity contribution in [3.8, 4) is 5.75 Å². The molecular formula is C14H16BrF3O3. The molecule has 0 heterocycles. The summed E-state index contributed by atoms with van der Waals surface area (Å²) in [6, 6.07) is 1.84. The van der Waals surface area contributed by atoms with Gasteiger partial charge in [-0.25, -0.2) is 13.2 Å². The fourth-order valence-electron chi connectivity index (χ4n) is 2.15. The Labute approximate surface area is 129 Å². The molecule has 0 fully saturated rings. The van der Waals surface area contributed by atoms with Crippen molar-refractivity contribution in [1.82, 2.24) is 0 Å². The van der Waals surface area contributed by atoms with E-state index in [2.05, 4.69) is 15.9 Å². The lowest BCUT2D eigenvalue weighted by atomic mass is 9.81. The molecule has 3 nitrogen and oxygen atoms in total. The van der Waals surface area contributed by atoms with Crippen LogP contribution in [0.15, 0.2) is 16.6 Å². The third-order valence-electron chi connectivity index (χ3n) is 2.97. The summed E-state index contributed by atoms with van der Waals surface area (Å²) in [7, 11) is 1.17. The number of carboxylic acids is 1. The van der Waals surface area contributed by atoms with E-state index in [1.807, 2.05) is 0 Å². The molecular weight excluding hydrogens is 353 g/mol. The Morgan fingerprint density at radius 3 is 2.43 bits per heavy atom. The lowest BCUT2D eigenvalue weighted by molar-refractivity contribution is -0.140. The summed E-state index contributed by atoms with van der Waals surface area (Å²) in [6.45, 7) is 2.89. The van der Waals surface area contributed by atoms with Crippen LogP contribution in [0.1, 0.15) is 32.3 Å². The van der Waals surface area contributed by atoms with Crippen molar-refractivity contribution in [2.45, 2.75) is 32.6 Å². The summed E-state index contributed by atoms with van der Waals surface area (Å²) < 4.78 is 47.0. The minimum Gasteiger partial charge on any atom is -0.496 e. The molecule has 0 aliphatic carbocycles. The second kappa shape index (κ2) is 6.25. The van der Waals surface area contributed by atoms with Gasteiger partial charge in [0.2, 0.25) is 0 Å². The van der Waals surface area contributed by atoms with Crippen molar-refractivity contribution >= 4 is 21.9 Å². The van der Waals surface area contributed by atoms with Gasteiger partial charge in [0.1, 0.15) is 11.6 Å². The molecule has 118 valence electrons. The number of alkyl halides is 2. The number of rotatable bonds is 6. The van der Waals surface area contributed by atoms with Crippen molar-refractivity contribution in [2.75, 3.05) is 7.11 Å². The van der Waals surface area contributed by atoms with E-state index in [-0.39, 0.29) is 10.2 Å². The van der Waals surface area contributed by atoms with Gasteiger partial charge >= 0.3 is 5.97 Å². The van der Waals surface area contributed by atoms with Crippen LogP contribution < -0.4 is 4.74 Å². The third kappa shape index (κ3) is 4.62. The van der Waals surface area contributed by atoms with E-state index in [9.17, 15) is 18.0 Å². The second-order valence-electron chi connectivity index (χ2n) is 5.58. The maximum atomic E-state index is 14.4. The molecule has 0 amide bonds. The van der Waals surface area contributed by atoms with E-state index in [1.165, 1.54) is 21.0 Å². The molecule has 1 aromatic rings. The van der Waals surface area contributed by atoms with Crippen LogP contribution in [-0.4, -0.2) is 18.2 Å². The van der Waals surface area contributed by atoms with Gasteiger partial charge < -0.3 is 9.84 Å². The average molecular weight is 369 g/mol. The van der Waals surface area contributed by atoms with Gasteiger partial charge in [-0.2, -0.15) is 0 Å². The lowest BCUT2D eigenvalue weighted by Gasteiger charge is -2.29. The highest BCUT2D eigenvalue weighted by Gasteiger charge is 2.41. The molecule has 0 unspecified atom stereocenters. The first-order valence-corrected chi connectivity index (χ1v) is 6.91. The zero-order chi connectivity index (χ0) is 16.4. The normalized spacial score (nSPS) is 12.3. The summed E-state index contributed by atoms with van der Waals surface area (Å²) in [5.74, 6) is -5.48. The van der Waals surface area contributed by atoms with Crippen molar-refractivity contribution in [2.24, 2.45) is 5.41 Å². The minimum atomic E-state index is -3.35. The molecule has 0 spiro atoms. The Hall–Kier alpha value is -1.24. The molecule has 1 rings (SSSR count). The third-order valence-corrected chi connectivity index (χ3v) is 3.57. The average Bonchev–Trinajstić information content (AvgIpc) is 2.28. The first-order valence-electron chi connectivity index (χ1n) is 6.11. The number of benzene rings is 1. The van der Waals surface area contributed by atoms with Crippen LogP contribution in [0.3, 0.4) is 0 Å². The predicted molar refractivity (Wildman–Crippen MR) is 75.2 cm³/mol. The van der Waals surface area contributed by atoms with Crippen LogP contribution in [0.25, 0.3) is 0 Å². The molecule has 7 heteroatoms. The molecule has 0 aliphatic heterocycles. The Kier molecular flexibility index (Phi) is 5.30. The molecule has 0 aromatic heterocycles. The van der Waals surface area contributed by atoms with Gasteiger partial charge in [0.05, 0.1) is 23.6 Å². The highest BCUT2D eigenvalue weighted by atomic mass is 79.9. The van der Waals surface area contributed by atoms with Crippen molar-refractivity contribution in [3.05, 3.63) is 28.0 Å². The number of methoxy groups -OCH3 is 1. The number of ether oxygens (including phenoxy) is 1. The second-order valence-corrected chi connectivity index (χ2v) is 6.44. The maximum absolute atomic E-state index is 14.4. The van der Waals surface area contributed by atoms with Crippen molar-refractivity contribution in [1.29, 1.82) is 0 Å². The number of hydrogen-bond donors (Lipinski definition) is 1. The molecule has 1 aromatic carbocycles. The highest BCUT2D eigenvalue weighted by Crippen LogP contribution is 2.45. The largest absolute Gasteiger partial charge is 0.496 e. The van der Waals surface area contributed by atoms with Crippen molar-refractivity contribution < 1.29 is 27.8 Å².